The predicted molar refractivity (Wildman–Crippen MR) is 439 cm³/mol. The van der Waals surface area contributed by atoms with Crippen LogP contribution in [0.3, 0.4) is 0 Å². The van der Waals surface area contributed by atoms with Gasteiger partial charge in [-0.2, -0.15) is 0 Å². The molecule has 0 aliphatic carbocycles. The zero-order chi connectivity index (χ0) is 91.4. The van der Waals surface area contributed by atoms with Gasteiger partial charge >= 0.3 is 7.82 Å². The van der Waals surface area contributed by atoms with Crippen LogP contribution in [-0.4, -0.2) is 355 Å². The lowest BCUT2D eigenvalue weighted by Crippen LogP contribution is -2.64. The number of hydrogen-bond acceptors (Lipinski definition) is 31. The summed E-state index contributed by atoms with van der Waals surface area (Å²) in [5.41, 5.74) is -1.20. The SMILES string of the molecule is CC(=O)NC1C(OCCCCC(=O)NCCCNC(=O)CCOCC(COCCC(=O)NCCCNC(=O)CCCCOC2OC(CO)C(O)C(O)C2NC(C)=O)(COCCC(=O)NCCCNC(=O)CCCCOC2OC(CO)C(O)C(O)C2NC(C)=O)CC(=O)CCCCCCCCCCC(=O)N2C[C@H](C)CC2COP(=O)(O)O)OC(CO)C(O)C1O. The molecule has 4 aliphatic rings. The first-order valence-electron chi connectivity index (χ1n) is 43.6. The maximum atomic E-state index is 14.2. The Labute approximate surface area is 724 Å². The summed E-state index contributed by atoms with van der Waals surface area (Å²) >= 11 is 0. The third kappa shape index (κ3) is 45.1. The average Bonchev–Trinajstić information content (AvgIpc) is 1.01. The highest BCUT2D eigenvalue weighted by Crippen LogP contribution is 2.38. The average molecular weight is 1800 g/mol. The van der Waals surface area contributed by atoms with Crippen molar-refractivity contribution in [1.82, 2.24) is 52.8 Å². The molecule has 0 spiro atoms. The maximum Gasteiger partial charge on any atom is 0.469 e. The normalized spacial score (nSPS) is 25.0. The Bertz CT molecular complexity index is 2950. The van der Waals surface area contributed by atoms with Crippen molar-refractivity contribution in [3.05, 3.63) is 0 Å². The molecular weight excluding hydrogens is 1660 g/mol. The van der Waals surface area contributed by atoms with Crippen LogP contribution in [0.2, 0.25) is 0 Å². The number of aliphatic hydroxyl groups is 9. The van der Waals surface area contributed by atoms with E-state index in [1.54, 1.807) is 4.90 Å². The van der Waals surface area contributed by atoms with Gasteiger partial charge in [0, 0.05) is 150 Å². The molecule has 0 aromatic heterocycles. The number of phosphoric acid groups is 1. The number of amides is 10. The molecule has 4 saturated heterocycles. The molecule has 0 aromatic rings. The maximum absolute atomic E-state index is 14.2. The van der Waals surface area contributed by atoms with Crippen LogP contribution in [0.4, 0.5) is 0 Å². The molecule has 16 unspecified atom stereocenters. The Morgan fingerprint density at radius 3 is 1.00 bits per heavy atom. The van der Waals surface area contributed by atoms with Crippen LogP contribution in [0.25, 0.3) is 0 Å². The van der Waals surface area contributed by atoms with Gasteiger partial charge in [0.05, 0.1) is 72.1 Å². The lowest BCUT2D eigenvalue weighted by atomic mass is 9.84. The minimum Gasteiger partial charge on any atom is -0.394 e. The summed E-state index contributed by atoms with van der Waals surface area (Å²) in [5.74, 6) is -3.42. The summed E-state index contributed by atoms with van der Waals surface area (Å²) in [7, 11) is -4.69. The number of ketones is 1. The molecule has 0 radical (unpaired) electrons. The standard InChI is InChI=1S/C80H143N10O33P/c1-52-42-56(48-120-124(111,112)113)90(44-52)67(104)26-12-10-8-6-5-7-9-11-22-57(97)43-80(49-114-39-27-64(101)84-33-19-30-81-61(98)23-13-16-36-117-77-68(87-53(2)94)74(108)71(105)58(45-91)121-77,50-115-40-28-65(102)85-34-20-31-82-62(99)24-14-17-37-118-78-69(88-54(3)95)75(109)72(106)59(46-92)122-78)51-116-41-29-66(103)86-35-21-32-83-63(100)25-15-18-38-119-79-70(89-55(4)96)76(110)73(107)60(47-93)123-79/h52,56,58-60,68-79,91-93,105-110H,5-51H2,1-4H3,(H,81,98)(H,82,99)(H,83,100)(H,84,101)(H,85,102)(H,86,103)(H,87,94)(H,88,95)(H,89,96)(H2,111,112,113)/t52-,56?,58?,59?,60?,68?,69?,70?,71?,72?,73?,74?,75?,76?,77?,78?,79?,80?/m1/s1. The minimum absolute atomic E-state index is 0.0702. The number of phosphoric ester groups is 1. The van der Waals surface area contributed by atoms with Crippen molar-refractivity contribution in [3.8, 4) is 0 Å². The van der Waals surface area contributed by atoms with E-state index >= 15 is 0 Å². The summed E-state index contributed by atoms with van der Waals surface area (Å²) in [5, 5.41) is 115. The second-order valence-electron chi connectivity index (χ2n) is 32.2. The molecule has 0 saturated carbocycles. The number of carbonyl (C=O) groups is 11. The monoisotopic (exact) mass is 1800 g/mol. The van der Waals surface area contributed by atoms with Crippen LogP contribution < -0.4 is 47.9 Å². The van der Waals surface area contributed by atoms with E-state index in [1.807, 2.05) is 6.92 Å². The van der Waals surface area contributed by atoms with Crippen LogP contribution in [0.1, 0.15) is 201 Å². The van der Waals surface area contributed by atoms with E-state index in [0.29, 0.717) is 90.0 Å². The lowest BCUT2D eigenvalue weighted by molar-refractivity contribution is -0.270. The first kappa shape index (κ1) is 110. The zero-order valence-corrected chi connectivity index (χ0v) is 73.2. The topological polar surface area (TPSA) is 631 Å². The first-order valence-corrected chi connectivity index (χ1v) is 45.1. The lowest BCUT2D eigenvalue weighted by Gasteiger charge is -2.42. The molecule has 4 heterocycles. The number of unbranched alkanes of at least 4 members (excludes halogenated alkanes) is 10. The van der Waals surface area contributed by atoms with Crippen LogP contribution in [-0.2, 0) is 104 Å². The van der Waals surface area contributed by atoms with Crippen LogP contribution in [0.5, 0.6) is 0 Å². The number of ether oxygens (including phenoxy) is 9. The highest BCUT2D eigenvalue weighted by molar-refractivity contribution is 7.46. The van der Waals surface area contributed by atoms with Crippen molar-refractivity contribution in [1.29, 1.82) is 0 Å². The fourth-order valence-corrected chi connectivity index (χ4v) is 14.9. The Balaban J connectivity index is 1.31. The van der Waals surface area contributed by atoms with Crippen molar-refractivity contribution >= 4 is 72.7 Å². The number of likely N-dealkylation sites (tertiary alicyclic amines) is 1. The van der Waals surface area contributed by atoms with Gasteiger partial charge in [0.2, 0.25) is 59.1 Å². The molecule has 4 aliphatic heterocycles. The minimum atomic E-state index is -4.69. The second-order valence-corrected chi connectivity index (χ2v) is 33.5. The molecule has 124 heavy (non-hydrogen) atoms. The summed E-state index contributed by atoms with van der Waals surface area (Å²) in [6.07, 6.45) is -4.91. The number of carbonyl (C=O) groups excluding carboxylic acids is 11. The number of rotatable bonds is 67. The van der Waals surface area contributed by atoms with Gasteiger partial charge in [0.25, 0.3) is 0 Å². The quantitative estimate of drug-likeness (QED) is 0.0209. The van der Waals surface area contributed by atoms with Crippen molar-refractivity contribution in [3.63, 3.8) is 0 Å². The molecule has 4 rings (SSSR count). The number of hydrogen-bond donors (Lipinski definition) is 20. The summed E-state index contributed by atoms with van der Waals surface area (Å²) in [4.78, 5) is 160. The summed E-state index contributed by atoms with van der Waals surface area (Å²) < 4.78 is 68.5. The van der Waals surface area contributed by atoms with Gasteiger partial charge in [-0.25, -0.2) is 4.57 Å². The highest BCUT2D eigenvalue weighted by atomic mass is 31.2. The molecule has 716 valence electrons. The Morgan fingerprint density at radius 2 is 0.694 bits per heavy atom. The molecule has 20 N–H and O–H groups in total. The summed E-state index contributed by atoms with van der Waals surface area (Å²) in [6, 6.07) is -3.71. The van der Waals surface area contributed by atoms with E-state index in [-0.39, 0.29) is 210 Å². The molecule has 17 atom stereocenters. The molecule has 10 amide bonds. The molecular formula is C80H143N10O33P. The predicted octanol–water partition coefficient (Wildman–Crippen LogP) is -3.34. The Morgan fingerprint density at radius 1 is 0.395 bits per heavy atom. The van der Waals surface area contributed by atoms with Gasteiger partial charge in [0.15, 0.2) is 18.9 Å². The van der Waals surface area contributed by atoms with E-state index in [0.717, 1.165) is 38.5 Å². The second kappa shape index (κ2) is 62.1. The fourth-order valence-electron chi connectivity index (χ4n) is 14.5. The van der Waals surface area contributed by atoms with Crippen molar-refractivity contribution in [2.75, 3.05) is 132 Å². The third-order valence-electron chi connectivity index (χ3n) is 21.2. The van der Waals surface area contributed by atoms with Crippen molar-refractivity contribution in [2.45, 2.75) is 299 Å². The van der Waals surface area contributed by atoms with Gasteiger partial charge in [0.1, 0.15) is 78.8 Å². The van der Waals surface area contributed by atoms with Gasteiger partial charge < -0.3 is 151 Å². The third-order valence-corrected chi connectivity index (χ3v) is 21.7. The van der Waals surface area contributed by atoms with Crippen LogP contribution in [0, 0.1) is 11.3 Å². The van der Waals surface area contributed by atoms with Gasteiger partial charge in [-0.1, -0.05) is 45.4 Å². The molecule has 4 fully saturated rings. The van der Waals surface area contributed by atoms with Gasteiger partial charge in [-0.15, -0.1) is 0 Å². The smallest absolute Gasteiger partial charge is 0.394 e. The number of aliphatic hydroxyl groups excluding tert-OH is 9. The van der Waals surface area contributed by atoms with Crippen molar-refractivity contribution in [2.24, 2.45) is 11.3 Å². The van der Waals surface area contributed by atoms with Gasteiger partial charge in [-0.05, 0) is 83.0 Å². The molecule has 0 bridgehead atoms. The fraction of sp³-hybridized carbons (Fsp3) is 0.863. The van der Waals surface area contributed by atoms with E-state index in [9.17, 15) is 113 Å². The molecule has 0 aromatic carbocycles. The van der Waals surface area contributed by atoms with E-state index in [1.165, 1.54) is 20.8 Å². The number of nitrogens with zero attached hydrogens (tertiary/aromatic N) is 1. The molecule has 43 nitrogen and oxygen atoms in total. The number of nitrogens with one attached hydrogen (secondary N) is 9. The first-order chi connectivity index (χ1) is 59.2. The van der Waals surface area contributed by atoms with Crippen LogP contribution in [0.15, 0.2) is 0 Å². The van der Waals surface area contributed by atoms with Crippen LogP contribution >= 0.6 is 7.82 Å². The van der Waals surface area contributed by atoms with E-state index in [2.05, 4.69) is 47.9 Å². The Hall–Kier alpha value is -6.24. The number of Topliss-reactive ketones (excluding diaryl/α,β-unsaturated/α-hetero) is 1. The van der Waals surface area contributed by atoms with E-state index < -0.39 is 149 Å². The largest absolute Gasteiger partial charge is 0.469 e. The van der Waals surface area contributed by atoms with Gasteiger partial charge in [-0.3, -0.25) is 57.3 Å². The highest BCUT2D eigenvalue weighted by Gasteiger charge is 2.48. The van der Waals surface area contributed by atoms with E-state index in [4.69, 9.17) is 47.2 Å². The Kier molecular flexibility index (Phi) is 55.1. The zero-order valence-electron chi connectivity index (χ0n) is 72.3. The van der Waals surface area contributed by atoms with Crippen molar-refractivity contribution < 1.29 is 160 Å². The molecule has 44 heteroatoms. The summed E-state index contributed by atoms with van der Waals surface area (Å²) in [6.45, 7) is 4.85.